The van der Waals surface area contributed by atoms with Gasteiger partial charge in [-0.1, -0.05) is 0 Å². The SMILES string of the molecule is COc1ccc(Nc2ccc(-c3ccc(OC)c(S(=O)(=O)N4CCCC4)c3)nn2)cc1OC. The lowest BCUT2D eigenvalue weighted by Crippen LogP contribution is -2.28. The van der Waals surface area contributed by atoms with Crippen molar-refractivity contribution in [1.82, 2.24) is 14.5 Å². The predicted octanol–water partition coefficient (Wildman–Crippen LogP) is 3.70. The number of rotatable bonds is 8. The number of hydrogen-bond donors (Lipinski definition) is 1. The number of anilines is 2. The van der Waals surface area contributed by atoms with Gasteiger partial charge in [0.15, 0.2) is 17.3 Å². The highest BCUT2D eigenvalue weighted by Crippen LogP contribution is 2.33. The van der Waals surface area contributed by atoms with E-state index >= 15 is 0 Å². The number of nitrogens with zero attached hydrogens (tertiary/aromatic N) is 3. The van der Waals surface area contributed by atoms with Gasteiger partial charge in [-0.2, -0.15) is 4.31 Å². The average Bonchev–Trinajstić information content (AvgIpc) is 3.40. The zero-order chi connectivity index (χ0) is 23.4. The fourth-order valence-electron chi connectivity index (χ4n) is 3.72. The molecule has 0 spiro atoms. The molecule has 0 bridgehead atoms. The summed E-state index contributed by atoms with van der Waals surface area (Å²) in [6.07, 6.45) is 1.72. The number of aromatic nitrogens is 2. The second kappa shape index (κ2) is 9.63. The minimum Gasteiger partial charge on any atom is -0.495 e. The molecule has 174 valence electrons. The van der Waals surface area contributed by atoms with Crippen LogP contribution in [0.5, 0.6) is 17.2 Å². The van der Waals surface area contributed by atoms with Gasteiger partial charge in [-0.15, -0.1) is 10.2 Å². The second-order valence-corrected chi connectivity index (χ2v) is 9.38. The summed E-state index contributed by atoms with van der Waals surface area (Å²) >= 11 is 0. The molecule has 4 rings (SSSR count). The third-order valence-corrected chi connectivity index (χ3v) is 7.38. The molecule has 2 aromatic carbocycles. The van der Waals surface area contributed by atoms with Crippen molar-refractivity contribution in [2.75, 3.05) is 39.7 Å². The Morgan fingerprint density at radius 3 is 2.15 bits per heavy atom. The van der Waals surface area contributed by atoms with E-state index in [4.69, 9.17) is 14.2 Å². The van der Waals surface area contributed by atoms with E-state index in [9.17, 15) is 8.42 Å². The predicted molar refractivity (Wildman–Crippen MR) is 125 cm³/mol. The van der Waals surface area contributed by atoms with Crippen LogP contribution < -0.4 is 19.5 Å². The lowest BCUT2D eigenvalue weighted by Gasteiger charge is -2.18. The van der Waals surface area contributed by atoms with Crippen LogP contribution in [-0.4, -0.2) is 57.3 Å². The maximum atomic E-state index is 13.1. The molecule has 3 aromatic rings. The summed E-state index contributed by atoms with van der Waals surface area (Å²) in [6.45, 7) is 1.04. The van der Waals surface area contributed by atoms with Crippen molar-refractivity contribution in [3.05, 3.63) is 48.5 Å². The summed E-state index contributed by atoms with van der Waals surface area (Å²) < 4.78 is 43.7. The molecule has 9 nitrogen and oxygen atoms in total. The number of hydrogen-bond acceptors (Lipinski definition) is 8. The fraction of sp³-hybridized carbons (Fsp3) is 0.304. The molecule has 0 amide bonds. The molecule has 10 heteroatoms. The molecule has 1 saturated heterocycles. The van der Waals surface area contributed by atoms with Gasteiger partial charge in [0.25, 0.3) is 0 Å². The maximum Gasteiger partial charge on any atom is 0.246 e. The molecule has 1 aliphatic heterocycles. The Kier molecular flexibility index (Phi) is 6.66. The molecule has 0 radical (unpaired) electrons. The third-order valence-electron chi connectivity index (χ3n) is 5.46. The van der Waals surface area contributed by atoms with Crippen molar-refractivity contribution in [3.63, 3.8) is 0 Å². The quantitative estimate of drug-likeness (QED) is 0.532. The van der Waals surface area contributed by atoms with E-state index in [1.54, 1.807) is 56.7 Å². The van der Waals surface area contributed by atoms with Crippen molar-refractivity contribution in [2.45, 2.75) is 17.7 Å². The van der Waals surface area contributed by atoms with Crippen molar-refractivity contribution in [2.24, 2.45) is 0 Å². The molecule has 0 unspecified atom stereocenters. The Morgan fingerprint density at radius 1 is 0.818 bits per heavy atom. The Balaban J connectivity index is 1.59. The molecule has 1 aromatic heterocycles. The van der Waals surface area contributed by atoms with Crippen LogP contribution in [0.15, 0.2) is 53.4 Å². The number of nitrogens with one attached hydrogen (secondary N) is 1. The Hall–Kier alpha value is -3.37. The van der Waals surface area contributed by atoms with Gasteiger partial charge in [-0.3, -0.25) is 0 Å². The number of ether oxygens (including phenoxy) is 3. The Bertz CT molecular complexity index is 1230. The highest BCUT2D eigenvalue weighted by atomic mass is 32.2. The van der Waals surface area contributed by atoms with E-state index in [0.717, 1.165) is 18.5 Å². The van der Waals surface area contributed by atoms with Crippen LogP contribution in [0.3, 0.4) is 0 Å². The lowest BCUT2D eigenvalue weighted by molar-refractivity contribution is 0.355. The van der Waals surface area contributed by atoms with E-state index in [2.05, 4.69) is 15.5 Å². The zero-order valence-corrected chi connectivity index (χ0v) is 19.6. The van der Waals surface area contributed by atoms with Gasteiger partial charge in [0, 0.05) is 30.4 Å². The minimum absolute atomic E-state index is 0.138. The third kappa shape index (κ3) is 4.71. The minimum atomic E-state index is -3.65. The van der Waals surface area contributed by atoms with Gasteiger partial charge in [-0.25, -0.2) is 8.42 Å². The summed E-state index contributed by atoms with van der Waals surface area (Å²) in [5.41, 5.74) is 1.95. The van der Waals surface area contributed by atoms with Gasteiger partial charge < -0.3 is 19.5 Å². The smallest absolute Gasteiger partial charge is 0.246 e. The first-order valence-electron chi connectivity index (χ1n) is 10.5. The van der Waals surface area contributed by atoms with E-state index in [1.807, 2.05) is 6.07 Å². The van der Waals surface area contributed by atoms with Gasteiger partial charge >= 0.3 is 0 Å². The number of methoxy groups -OCH3 is 3. The van der Waals surface area contributed by atoms with Gasteiger partial charge in [0.2, 0.25) is 10.0 Å². The van der Waals surface area contributed by atoms with Crippen LogP contribution in [0.4, 0.5) is 11.5 Å². The highest BCUT2D eigenvalue weighted by molar-refractivity contribution is 7.89. The molecule has 1 aliphatic rings. The average molecular weight is 471 g/mol. The van der Waals surface area contributed by atoms with E-state index in [1.165, 1.54) is 11.4 Å². The second-order valence-electron chi connectivity index (χ2n) is 7.48. The molecular weight excluding hydrogens is 444 g/mol. The Labute approximate surface area is 193 Å². The van der Waals surface area contributed by atoms with E-state index < -0.39 is 10.0 Å². The Morgan fingerprint density at radius 2 is 1.52 bits per heavy atom. The molecule has 33 heavy (non-hydrogen) atoms. The maximum absolute atomic E-state index is 13.1. The summed E-state index contributed by atoms with van der Waals surface area (Å²) in [6, 6.07) is 14.0. The number of benzene rings is 2. The van der Waals surface area contributed by atoms with Crippen LogP contribution in [-0.2, 0) is 10.0 Å². The summed E-state index contributed by atoms with van der Waals surface area (Å²) in [5, 5.41) is 11.7. The lowest BCUT2D eigenvalue weighted by atomic mass is 10.1. The molecule has 1 fully saturated rings. The van der Waals surface area contributed by atoms with Gasteiger partial charge in [0.1, 0.15) is 10.6 Å². The van der Waals surface area contributed by atoms with E-state index in [-0.39, 0.29) is 4.90 Å². The molecule has 0 saturated carbocycles. The fourth-order valence-corrected chi connectivity index (χ4v) is 5.42. The summed E-state index contributed by atoms with van der Waals surface area (Å²) in [7, 11) is 0.969. The van der Waals surface area contributed by atoms with Crippen LogP contribution >= 0.6 is 0 Å². The van der Waals surface area contributed by atoms with Gasteiger partial charge in [-0.05, 0) is 55.3 Å². The van der Waals surface area contributed by atoms with Crippen molar-refractivity contribution in [3.8, 4) is 28.5 Å². The summed E-state index contributed by atoms with van der Waals surface area (Å²) in [5.74, 6) is 2.07. The molecule has 2 heterocycles. The first kappa shape index (κ1) is 22.8. The first-order valence-corrected chi connectivity index (χ1v) is 11.9. The van der Waals surface area contributed by atoms with Crippen molar-refractivity contribution in [1.29, 1.82) is 0 Å². The van der Waals surface area contributed by atoms with E-state index in [0.29, 0.717) is 47.4 Å². The van der Waals surface area contributed by atoms with Crippen LogP contribution in [0.1, 0.15) is 12.8 Å². The molecule has 0 aliphatic carbocycles. The van der Waals surface area contributed by atoms with Crippen LogP contribution in [0.25, 0.3) is 11.3 Å². The zero-order valence-electron chi connectivity index (χ0n) is 18.7. The van der Waals surface area contributed by atoms with Crippen LogP contribution in [0.2, 0.25) is 0 Å². The van der Waals surface area contributed by atoms with Crippen molar-refractivity contribution < 1.29 is 22.6 Å². The van der Waals surface area contributed by atoms with Crippen LogP contribution in [0, 0.1) is 0 Å². The van der Waals surface area contributed by atoms with Crippen molar-refractivity contribution >= 4 is 21.5 Å². The molecular formula is C23H26N4O5S. The largest absolute Gasteiger partial charge is 0.495 e. The number of sulfonamides is 1. The van der Waals surface area contributed by atoms with Gasteiger partial charge in [0.05, 0.1) is 27.0 Å². The molecule has 0 atom stereocenters. The first-order chi connectivity index (χ1) is 16.0. The normalized spacial score (nSPS) is 14.2. The standard InChI is InChI=1S/C23H26N4O5S/c1-30-19-10-7-17(15-21(19)32-3)24-23-11-8-18(25-26-23)16-6-9-20(31-2)22(14-16)33(28,29)27-12-4-5-13-27/h6-11,14-15H,4-5,12-13H2,1-3H3,(H,24,26). The molecule has 1 N–H and O–H groups in total. The highest BCUT2D eigenvalue weighted by Gasteiger charge is 2.30. The monoisotopic (exact) mass is 470 g/mol. The topological polar surface area (TPSA) is 103 Å². The summed E-state index contributed by atoms with van der Waals surface area (Å²) in [4.78, 5) is 0.138.